The third kappa shape index (κ3) is 2.45. The number of carbonyl (C=O) groups is 1. The van der Waals surface area contributed by atoms with E-state index in [-0.39, 0.29) is 17.7 Å². The van der Waals surface area contributed by atoms with E-state index in [4.69, 9.17) is 4.42 Å². The molecule has 19 heavy (non-hydrogen) atoms. The molecule has 1 aromatic carbocycles. The normalized spacial score (nSPS) is 12.3. The van der Waals surface area contributed by atoms with Crippen LogP contribution in [0.3, 0.4) is 0 Å². The molecule has 0 unspecified atom stereocenters. The highest BCUT2D eigenvalue weighted by molar-refractivity contribution is 5.84. The van der Waals surface area contributed by atoms with E-state index in [9.17, 15) is 14.7 Å². The smallest absolute Gasteiger partial charge is 0.343 e. The van der Waals surface area contributed by atoms with Gasteiger partial charge in [0.15, 0.2) is 0 Å². The Hall–Kier alpha value is -2.30. The zero-order valence-electron chi connectivity index (χ0n) is 10.7. The molecule has 1 atom stereocenters. The summed E-state index contributed by atoms with van der Waals surface area (Å²) < 4.78 is 9.70. The molecule has 0 aliphatic heterocycles. The van der Waals surface area contributed by atoms with Crippen molar-refractivity contribution in [2.45, 2.75) is 19.3 Å². The van der Waals surface area contributed by atoms with E-state index in [1.807, 2.05) is 0 Å². The van der Waals surface area contributed by atoms with Crippen LogP contribution < -0.4 is 5.63 Å². The number of methoxy groups -OCH3 is 1. The molecule has 0 amide bonds. The van der Waals surface area contributed by atoms with Crippen molar-refractivity contribution in [2.24, 2.45) is 0 Å². The van der Waals surface area contributed by atoms with Crippen molar-refractivity contribution in [2.75, 3.05) is 7.11 Å². The van der Waals surface area contributed by atoms with Crippen molar-refractivity contribution in [3.05, 3.63) is 40.2 Å². The molecule has 100 valence electrons. The molecule has 5 nitrogen and oxygen atoms in total. The van der Waals surface area contributed by atoms with Crippen LogP contribution in [-0.2, 0) is 9.53 Å². The molecule has 1 heterocycles. The van der Waals surface area contributed by atoms with Gasteiger partial charge in [-0.2, -0.15) is 0 Å². The number of aromatic hydroxyl groups is 1. The highest BCUT2D eigenvalue weighted by Crippen LogP contribution is 2.31. The molecular weight excluding hydrogens is 248 g/mol. The molecule has 0 aliphatic rings. The number of esters is 1. The van der Waals surface area contributed by atoms with Crippen LogP contribution in [0.5, 0.6) is 5.75 Å². The van der Waals surface area contributed by atoms with Crippen LogP contribution in [0.2, 0.25) is 0 Å². The Bertz CT molecular complexity index is 671. The lowest BCUT2D eigenvalue weighted by Gasteiger charge is -2.12. The minimum absolute atomic E-state index is 0.00710. The second kappa shape index (κ2) is 5.14. The standard InChI is InChI=1S/C14H14O5/c1-8(7-11(15)18-2)12-13(16)9-5-3-4-6-10(9)19-14(12)17/h3-6,8,16H,7H2,1-2H3/t8-/m1/s1. The van der Waals surface area contributed by atoms with Gasteiger partial charge in [0, 0.05) is 5.92 Å². The van der Waals surface area contributed by atoms with Crippen molar-refractivity contribution in [1.29, 1.82) is 0 Å². The molecule has 2 rings (SSSR count). The van der Waals surface area contributed by atoms with Gasteiger partial charge in [-0.05, 0) is 12.1 Å². The number of carbonyl (C=O) groups excluding carboxylic acids is 1. The minimum atomic E-state index is -0.632. The first-order valence-corrected chi connectivity index (χ1v) is 5.86. The topological polar surface area (TPSA) is 76.7 Å². The van der Waals surface area contributed by atoms with Gasteiger partial charge in [-0.15, -0.1) is 0 Å². The molecule has 5 heteroatoms. The van der Waals surface area contributed by atoms with Gasteiger partial charge in [0.2, 0.25) is 0 Å². The van der Waals surface area contributed by atoms with E-state index in [1.165, 1.54) is 7.11 Å². The highest BCUT2D eigenvalue weighted by atomic mass is 16.5. The Labute approximate surface area is 109 Å². The van der Waals surface area contributed by atoms with Gasteiger partial charge >= 0.3 is 11.6 Å². The molecule has 0 spiro atoms. The maximum atomic E-state index is 11.9. The van der Waals surface area contributed by atoms with Crippen LogP contribution in [0.1, 0.15) is 24.8 Å². The molecular formula is C14H14O5. The van der Waals surface area contributed by atoms with Crippen LogP contribution in [0.25, 0.3) is 11.0 Å². The third-order valence-corrected chi connectivity index (χ3v) is 3.01. The lowest BCUT2D eigenvalue weighted by Crippen LogP contribution is -2.14. The van der Waals surface area contributed by atoms with Crippen molar-refractivity contribution in [3.8, 4) is 5.75 Å². The summed E-state index contributed by atoms with van der Waals surface area (Å²) in [6, 6.07) is 6.70. The van der Waals surface area contributed by atoms with Crippen LogP contribution >= 0.6 is 0 Å². The summed E-state index contributed by atoms with van der Waals surface area (Å²) in [5, 5.41) is 10.6. The van der Waals surface area contributed by atoms with E-state index >= 15 is 0 Å². The van der Waals surface area contributed by atoms with E-state index in [0.717, 1.165) is 0 Å². The van der Waals surface area contributed by atoms with E-state index in [2.05, 4.69) is 4.74 Å². The Morgan fingerprint density at radius 2 is 2.11 bits per heavy atom. The average Bonchev–Trinajstić information content (AvgIpc) is 2.38. The number of para-hydroxylation sites is 1. The van der Waals surface area contributed by atoms with Crippen molar-refractivity contribution >= 4 is 16.9 Å². The van der Waals surface area contributed by atoms with Crippen molar-refractivity contribution < 1.29 is 19.1 Å². The molecule has 0 saturated heterocycles. The summed E-state index contributed by atoms with van der Waals surface area (Å²) in [7, 11) is 1.28. The number of rotatable bonds is 3. The zero-order valence-corrected chi connectivity index (χ0v) is 10.7. The largest absolute Gasteiger partial charge is 0.507 e. The minimum Gasteiger partial charge on any atom is -0.507 e. The Morgan fingerprint density at radius 1 is 1.42 bits per heavy atom. The van der Waals surface area contributed by atoms with Crippen LogP contribution in [0.15, 0.2) is 33.5 Å². The lowest BCUT2D eigenvalue weighted by molar-refractivity contribution is -0.140. The van der Waals surface area contributed by atoms with Gasteiger partial charge in [0.25, 0.3) is 0 Å². The average molecular weight is 262 g/mol. The first-order valence-electron chi connectivity index (χ1n) is 5.86. The summed E-state index contributed by atoms with van der Waals surface area (Å²) in [6.07, 6.45) is 0.00710. The second-order valence-electron chi connectivity index (χ2n) is 4.33. The summed E-state index contributed by atoms with van der Waals surface area (Å²) in [5.41, 5.74) is -0.212. The molecule has 0 aliphatic carbocycles. The summed E-state index contributed by atoms with van der Waals surface area (Å²) in [4.78, 5) is 23.1. The van der Waals surface area contributed by atoms with Crippen LogP contribution in [0, 0.1) is 0 Å². The highest BCUT2D eigenvalue weighted by Gasteiger charge is 2.21. The SMILES string of the molecule is COC(=O)C[C@@H](C)c1c(O)c2ccccc2oc1=O. The molecule has 1 aromatic heterocycles. The van der Waals surface area contributed by atoms with Crippen LogP contribution in [-0.4, -0.2) is 18.2 Å². The monoisotopic (exact) mass is 262 g/mol. The summed E-state index contributed by atoms with van der Waals surface area (Å²) in [5.74, 6) is -1.06. The fourth-order valence-corrected chi connectivity index (χ4v) is 2.02. The van der Waals surface area contributed by atoms with Gasteiger partial charge in [-0.3, -0.25) is 4.79 Å². The fourth-order valence-electron chi connectivity index (χ4n) is 2.02. The number of ether oxygens (including phenoxy) is 1. The quantitative estimate of drug-likeness (QED) is 0.677. The maximum Gasteiger partial charge on any atom is 0.343 e. The molecule has 1 N–H and O–H groups in total. The molecule has 0 saturated carbocycles. The maximum absolute atomic E-state index is 11.9. The first-order chi connectivity index (χ1) is 9.04. The number of fused-ring (bicyclic) bond motifs is 1. The van der Waals surface area contributed by atoms with Gasteiger partial charge < -0.3 is 14.3 Å². The summed E-state index contributed by atoms with van der Waals surface area (Å²) in [6.45, 7) is 1.66. The van der Waals surface area contributed by atoms with Gasteiger partial charge in [0.05, 0.1) is 24.5 Å². The fraction of sp³-hybridized carbons (Fsp3) is 0.286. The van der Waals surface area contributed by atoms with Gasteiger partial charge in [0.1, 0.15) is 11.3 Å². The van der Waals surface area contributed by atoms with E-state index in [1.54, 1.807) is 31.2 Å². The Kier molecular flexibility index (Phi) is 3.55. The molecule has 0 fully saturated rings. The molecule has 0 radical (unpaired) electrons. The number of hydrogen-bond donors (Lipinski definition) is 1. The Balaban J connectivity index is 2.54. The Morgan fingerprint density at radius 3 is 2.79 bits per heavy atom. The molecule has 0 bridgehead atoms. The van der Waals surface area contributed by atoms with Crippen LogP contribution in [0.4, 0.5) is 0 Å². The van der Waals surface area contributed by atoms with E-state index in [0.29, 0.717) is 11.0 Å². The predicted molar refractivity (Wildman–Crippen MR) is 69.2 cm³/mol. The van der Waals surface area contributed by atoms with Crippen molar-refractivity contribution in [1.82, 2.24) is 0 Å². The van der Waals surface area contributed by atoms with E-state index < -0.39 is 17.5 Å². The first kappa shape index (κ1) is 13.1. The lowest BCUT2D eigenvalue weighted by atomic mass is 9.97. The predicted octanol–water partition coefficient (Wildman–Crippen LogP) is 2.17. The van der Waals surface area contributed by atoms with Gasteiger partial charge in [-0.1, -0.05) is 19.1 Å². The number of benzene rings is 1. The molecule has 2 aromatic rings. The third-order valence-electron chi connectivity index (χ3n) is 3.01. The number of hydrogen-bond acceptors (Lipinski definition) is 5. The van der Waals surface area contributed by atoms with Gasteiger partial charge in [-0.25, -0.2) is 4.79 Å². The summed E-state index contributed by atoms with van der Waals surface area (Å²) >= 11 is 0. The zero-order chi connectivity index (χ0) is 14.0. The second-order valence-corrected chi connectivity index (χ2v) is 4.33. The van der Waals surface area contributed by atoms with Crippen molar-refractivity contribution in [3.63, 3.8) is 0 Å².